The first kappa shape index (κ1) is 15.1. The summed E-state index contributed by atoms with van der Waals surface area (Å²) in [5.41, 5.74) is 7.05. The van der Waals surface area contributed by atoms with Crippen molar-refractivity contribution in [1.82, 2.24) is 15.8 Å². The standard InChI is InChI=1S/C13H22ClN3O/c1-6-9-7-17(5)8-10(11(9)14)12(18)15-16-13(2,3)4/h8,16H,6-7H2,1-5H3,(H,15,18). The highest BCUT2D eigenvalue weighted by molar-refractivity contribution is 6.35. The second-order valence-corrected chi connectivity index (χ2v) is 5.94. The predicted molar refractivity (Wildman–Crippen MR) is 74.9 cm³/mol. The van der Waals surface area contributed by atoms with Crippen LogP contribution in [0.25, 0.3) is 0 Å². The number of rotatable bonds is 3. The molecule has 1 aliphatic rings. The van der Waals surface area contributed by atoms with Gasteiger partial charge in [-0.2, -0.15) is 0 Å². The summed E-state index contributed by atoms with van der Waals surface area (Å²) in [6, 6.07) is 0. The van der Waals surface area contributed by atoms with E-state index in [-0.39, 0.29) is 11.4 Å². The number of nitrogens with zero attached hydrogens (tertiary/aromatic N) is 1. The number of halogens is 1. The normalized spacial score (nSPS) is 16.8. The largest absolute Gasteiger partial charge is 0.376 e. The molecule has 1 aliphatic heterocycles. The van der Waals surface area contributed by atoms with Gasteiger partial charge >= 0.3 is 0 Å². The smallest absolute Gasteiger partial charge is 0.268 e. The highest BCUT2D eigenvalue weighted by Crippen LogP contribution is 2.26. The summed E-state index contributed by atoms with van der Waals surface area (Å²) >= 11 is 6.26. The highest BCUT2D eigenvalue weighted by Gasteiger charge is 2.22. The molecule has 0 aromatic carbocycles. The van der Waals surface area contributed by atoms with Crippen molar-refractivity contribution in [3.8, 4) is 0 Å². The van der Waals surface area contributed by atoms with Crippen LogP contribution in [0.3, 0.4) is 0 Å². The van der Waals surface area contributed by atoms with Crippen LogP contribution in [-0.2, 0) is 4.79 Å². The molecule has 0 fully saturated rings. The van der Waals surface area contributed by atoms with Gasteiger partial charge < -0.3 is 4.90 Å². The van der Waals surface area contributed by atoms with E-state index < -0.39 is 0 Å². The Morgan fingerprint density at radius 3 is 2.61 bits per heavy atom. The SMILES string of the molecule is CCC1=C(Cl)C(C(=O)NNC(C)(C)C)=CN(C)C1. The van der Waals surface area contributed by atoms with Crippen LogP contribution in [0.4, 0.5) is 0 Å². The number of carbonyl (C=O) groups is 1. The zero-order chi connectivity index (χ0) is 13.9. The molecule has 1 heterocycles. The van der Waals surface area contributed by atoms with Crippen molar-refractivity contribution in [2.45, 2.75) is 39.7 Å². The molecule has 102 valence electrons. The molecular weight excluding hydrogens is 250 g/mol. The van der Waals surface area contributed by atoms with Crippen LogP contribution < -0.4 is 10.9 Å². The molecule has 0 aliphatic carbocycles. The van der Waals surface area contributed by atoms with Gasteiger partial charge in [-0.1, -0.05) is 18.5 Å². The molecule has 0 atom stereocenters. The fourth-order valence-electron chi connectivity index (χ4n) is 1.62. The lowest BCUT2D eigenvalue weighted by molar-refractivity contribution is -0.118. The van der Waals surface area contributed by atoms with Gasteiger partial charge in [-0.25, -0.2) is 5.43 Å². The molecule has 0 radical (unpaired) electrons. The molecule has 1 rings (SSSR count). The molecule has 0 aromatic heterocycles. The van der Waals surface area contributed by atoms with Gasteiger partial charge in [0.2, 0.25) is 0 Å². The molecule has 5 heteroatoms. The highest BCUT2D eigenvalue weighted by atomic mass is 35.5. The summed E-state index contributed by atoms with van der Waals surface area (Å²) < 4.78 is 0. The Balaban J connectivity index is 2.81. The van der Waals surface area contributed by atoms with E-state index >= 15 is 0 Å². The van der Waals surface area contributed by atoms with Crippen molar-refractivity contribution in [2.24, 2.45) is 0 Å². The van der Waals surface area contributed by atoms with Gasteiger partial charge in [0.25, 0.3) is 5.91 Å². The van der Waals surface area contributed by atoms with E-state index in [9.17, 15) is 4.79 Å². The molecule has 2 N–H and O–H groups in total. The Morgan fingerprint density at radius 1 is 1.50 bits per heavy atom. The van der Waals surface area contributed by atoms with Crippen molar-refractivity contribution < 1.29 is 4.79 Å². The quantitative estimate of drug-likeness (QED) is 0.773. The second-order valence-electron chi connectivity index (χ2n) is 5.56. The van der Waals surface area contributed by atoms with Gasteiger partial charge in [0.15, 0.2) is 0 Å². The predicted octanol–water partition coefficient (Wildman–Crippen LogP) is 2.14. The Kier molecular flexibility index (Phi) is 4.82. The lowest BCUT2D eigenvalue weighted by atomic mass is 10.1. The molecular formula is C13H22ClN3O. The van der Waals surface area contributed by atoms with Crippen LogP contribution in [0.5, 0.6) is 0 Å². The van der Waals surface area contributed by atoms with E-state index in [2.05, 4.69) is 10.9 Å². The molecule has 18 heavy (non-hydrogen) atoms. The van der Waals surface area contributed by atoms with E-state index in [0.29, 0.717) is 10.6 Å². The Labute approximate surface area is 114 Å². The summed E-state index contributed by atoms with van der Waals surface area (Å²) in [6.45, 7) is 8.75. The number of hydrazine groups is 1. The monoisotopic (exact) mass is 271 g/mol. The number of hydrogen-bond acceptors (Lipinski definition) is 3. The lowest BCUT2D eigenvalue weighted by Gasteiger charge is -2.26. The molecule has 0 unspecified atom stereocenters. The number of carbonyl (C=O) groups excluding carboxylic acids is 1. The fourth-order valence-corrected chi connectivity index (χ4v) is 1.95. The van der Waals surface area contributed by atoms with Crippen LogP contribution in [0.15, 0.2) is 22.4 Å². The molecule has 0 saturated heterocycles. The van der Waals surface area contributed by atoms with Gasteiger partial charge in [-0.05, 0) is 32.8 Å². The van der Waals surface area contributed by atoms with Crippen LogP contribution in [0, 0.1) is 0 Å². The summed E-state index contributed by atoms with van der Waals surface area (Å²) in [7, 11) is 1.93. The molecule has 0 bridgehead atoms. The summed E-state index contributed by atoms with van der Waals surface area (Å²) in [6.07, 6.45) is 2.63. The van der Waals surface area contributed by atoms with Gasteiger partial charge in [-0.3, -0.25) is 10.2 Å². The van der Waals surface area contributed by atoms with Crippen LogP contribution >= 0.6 is 11.6 Å². The minimum Gasteiger partial charge on any atom is -0.376 e. The Morgan fingerprint density at radius 2 is 2.11 bits per heavy atom. The Hall–Kier alpha value is -1.00. The summed E-state index contributed by atoms with van der Waals surface area (Å²) in [5, 5.41) is 0.573. The maximum atomic E-state index is 12.1. The van der Waals surface area contributed by atoms with Crippen molar-refractivity contribution >= 4 is 17.5 Å². The first-order valence-electron chi connectivity index (χ1n) is 6.12. The summed E-state index contributed by atoms with van der Waals surface area (Å²) in [4.78, 5) is 14.0. The topological polar surface area (TPSA) is 44.4 Å². The molecule has 0 aromatic rings. The zero-order valence-electron chi connectivity index (χ0n) is 11.7. The third kappa shape index (κ3) is 4.03. The number of amides is 1. The van der Waals surface area contributed by atoms with Gasteiger partial charge in [0, 0.05) is 25.3 Å². The van der Waals surface area contributed by atoms with E-state index in [1.807, 2.05) is 39.6 Å². The number of hydrogen-bond donors (Lipinski definition) is 2. The van der Waals surface area contributed by atoms with Crippen molar-refractivity contribution in [2.75, 3.05) is 13.6 Å². The second kappa shape index (κ2) is 5.76. The lowest BCUT2D eigenvalue weighted by Crippen LogP contribution is -2.49. The third-order valence-electron chi connectivity index (χ3n) is 2.56. The van der Waals surface area contributed by atoms with Crippen LogP contribution in [-0.4, -0.2) is 29.9 Å². The zero-order valence-corrected chi connectivity index (χ0v) is 12.5. The van der Waals surface area contributed by atoms with E-state index in [1.165, 1.54) is 0 Å². The van der Waals surface area contributed by atoms with E-state index in [4.69, 9.17) is 11.6 Å². The number of likely N-dealkylation sites (N-methyl/N-ethyl adjacent to an activating group) is 1. The van der Waals surface area contributed by atoms with Gasteiger partial charge in [0.05, 0.1) is 10.6 Å². The summed E-state index contributed by atoms with van der Waals surface area (Å²) in [5.74, 6) is -0.201. The van der Waals surface area contributed by atoms with Crippen LogP contribution in [0.1, 0.15) is 34.1 Å². The average Bonchev–Trinajstić information content (AvgIpc) is 2.27. The minimum absolute atomic E-state index is 0.180. The van der Waals surface area contributed by atoms with Gasteiger partial charge in [-0.15, -0.1) is 0 Å². The van der Waals surface area contributed by atoms with Crippen molar-refractivity contribution in [3.05, 3.63) is 22.4 Å². The van der Waals surface area contributed by atoms with E-state index in [1.54, 1.807) is 6.20 Å². The molecule has 0 spiro atoms. The minimum atomic E-state index is -0.201. The third-order valence-corrected chi connectivity index (χ3v) is 3.03. The van der Waals surface area contributed by atoms with Crippen molar-refractivity contribution in [3.63, 3.8) is 0 Å². The fraction of sp³-hybridized carbons (Fsp3) is 0.615. The number of nitrogens with one attached hydrogen (secondary N) is 2. The van der Waals surface area contributed by atoms with E-state index in [0.717, 1.165) is 18.5 Å². The average molecular weight is 272 g/mol. The molecule has 4 nitrogen and oxygen atoms in total. The Bertz CT molecular complexity index is 394. The maximum absolute atomic E-state index is 12.1. The first-order chi connectivity index (χ1) is 8.24. The van der Waals surface area contributed by atoms with Crippen LogP contribution in [0.2, 0.25) is 0 Å². The molecule has 0 saturated carbocycles. The van der Waals surface area contributed by atoms with Gasteiger partial charge in [0.1, 0.15) is 0 Å². The maximum Gasteiger partial charge on any atom is 0.268 e. The first-order valence-corrected chi connectivity index (χ1v) is 6.50. The molecule has 1 amide bonds. The van der Waals surface area contributed by atoms with Crippen molar-refractivity contribution in [1.29, 1.82) is 0 Å².